The van der Waals surface area contributed by atoms with Crippen molar-refractivity contribution in [1.29, 1.82) is 0 Å². The molecule has 0 spiro atoms. The van der Waals surface area contributed by atoms with E-state index in [0.29, 0.717) is 17.8 Å². The van der Waals surface area contributed by atoms with E-state index in [2.05, 4.69) is 21.9 Å². The highest BCUT2D eigenvalue weighted by Gasteiger charge is 2.42. The molecule has 4 bridgehead atoms. The molecule has 1 aromatic carbocycles. The van der Waals surface area contributed by atoms with Crippen LogP contribution in [0.1, 0.15) is 51.4 Å². The fraction of sp³-hybridized carbons (Fsp3) is 0.667. The summed E-state index contributed by atoms with van der Waals surface area (Å²) in [5.41, 5.74) is 2.45. The number of rotatable bonds is 2. The molecule has 3 nitrogen and oxygen atoms in total. The fourth-order valence-corrected chi connectivity index (χ4v) is 5.52. The van der Waals surface area contributed by atoms with Gasteiger partial charge in [0.25, 0.3) is 0 Å². The molecule has 1 aromatic rings. The number of nitrogens with zero attached hydrogens (tertiary/aromatic N) is 2. The molecule has 0 atom stereocenters. The van der Waals surface area contributed by atoms with Crippen LogP contribution in [0.4, 0.5) is 11.4 Å². The van der Waals surface area contributed by atoms with Gasteiger partial charge in [0, 0.05) is 29.9 Å². The van der Waals surface area contributed by atoms with Gasteiger partial charge in [0.1, 0.15) is 5.75 Å². The van der Waals surface area contributed by atoms with Gasteiger partial charge in [-0.15, -0.1) is 0 Å². The lowest BCUT2D eigenvalue weighted by molar-refractivity contribution is 0.473. The minimum Gasteiger partial charge on any atom is -0.506 e. The third kappa shape index (κ3) is 1.66. The Kier molecular flexibility index (Phi) is 2.50. The molecule has 0 amide bonds. The standard InChI is InChI=1S/C18H24N2O/c21-18-10-9-16(19-12-1-2-13(19)4-3-12)11-17(18)20-14-5-6-15(20)8-7-14/h9-15,21H,1-8H2. The van der Waals surface area contributed by atoms with Gasteiger partial charge in [-0.3, -0.25) is 0 Å². The maximum atomic E-state index is 10.4. The Morgan fingerprint density at radius 1 is 0.714 bits per heavy atom. The first-order chi connectivity index (χ1) is 10.3. The number of hydrogen-bond donors (Lipinski definition) is 1. The molecule has 5 rings (SSSR count). The summed E-state index contributed by atoms with van der Waals surface area (Å²) in [6, 6.07) is 9.19. The number of benzene rings is 1. The summed E-state index contributed by atoms with van der Waals surface area (Å²) >= 11 is 0. The molecule has 112 valence electrons. The molecule has 0 unspecified atom stereocenters. The molecular weight excluding hydrogens is 260 g/mol. The largest absolute Gasteiger partial charge is 0.506 e. The van der Waals surface area contributed by atoms with Crippen LogP contribution in [-0.2, 0) is 0 Å². The van der Waals surface area contributed by atoms with Gasteiger partial charge in [-0.1, -0.05) is 0 Å². The summed E-state index contributed by atoms with van der Waals surface area (Å²) < 4.78 is 0. The molecule has 21 heavy (non-hydrogen) atoms. The van der Waals surface area contributed by atoms with E-state index in [1.54, 1.807) is 0 Å². The quantitative estimate of drug-likeness (QED) is 0.898. The number of fused-ring (bicyclic) bond motifs is 4. The molecule has 4 heterocycles. The van der Waals surface area contributed by atoms with Crippen molar-refractivity contribution < 1.29 is 5.11 Å². The molecule has 1 N–H and O–H groups in total. The van der Waals surface area contributed by atoms with Gasteiger partial charge in [-0.25, -0.2) is 0 Å². The minimum absolute atomic E-state index is 0.476. The topological polar surface area (TPSA) is 26.7 Å². The van der Waals surface area contributed by atoms with Crippen molar-refractivity contribution in [2.24, 2.45) is 0 Å². The van der Waals surface area contributed by atoms with Crippen LogP contribution < -0.4 is 9.80 Å². The van der Waals surface area contributed by atoms with Crippen LogP contribution in [0.5, 0.6) is 5.75 Å². The van der Waals surface area contributed by atoms with Crippen molar-refractivity contribution in [3.05, 3.63) is 18.2 Å². The highest BCUT2D eigenvalue weighted by Crippen LogP contribution is 2.47. The molecule has 4 saturated heterocycles. The average Bonchev–Trinajstić information content (AvgIpc) is 3.27. The summed E-state index contributed by atoms with van der Waals surface area (Å²) in [6.07, 6.45) is 10.7. The average molecular weight is 284 g/mol. The van der Waals surface area contributed by atoms with Crippen LogP contribution in [0.3, 0.4) is 0 Å². The predicted molar refractivity (Wildman–Crippen MR) is 85.2 cm³/mol. The third-order valence-corrected chi connectivity index (χ3v) is 6.44. The zero-order chi connectivity index (χ0) is 14.0. The van der Waals surface area contributed by atoms with E-state index < -0.39 is 0 Å². The lowest BCUT2D eigenvalue weighted by Crippen LogP contribution is -2.30. The first kappa shape index (κ1) is 12.2. The van der Waals surface area contributed by atoms with Gasteiger partial charge in [0.2, 0.25) is 0 Å². The van der Waals surface area contributed by atoms with Crippen LogP contribution in [0, 0.1) is 0 Å². The molecule has 4 fully saturated rings. The van der Waals surface area contributed by atoms with Crippen molar-refractivity contribution in [3.63, 3.8) is 0 Å². The Bertz CT molecular complexity index is 532. The van der Waals surface area contributed by atoms with Gasteiger partial charge < -0.3 is 14.9 Å². The van der Waals surface area contributed by atoms with Crippen LogP contribution in [0.2, 0.25) is 0 Å². The summed E-state index contributed by atoms with van der Waals surface area (Å²) in [7, 11) is 0. The van der Waals surface area contributed by atoms with E-state index in [-0.39, 0.29) is 0 Å². The van der Waals surface area contributed by atoms with E-state index in [4.69, 9.17) is 0 Å². The van der Waals surface area contributed by atoms with Crippen molar-refractivity contribution in [3.8, 4) is 5.75 Å². The summed E-state index contributed by atoms with van der Waals surface area (Å²) in [5, 5.41) is 10.4. The molecule has 0 saturated carbocycles. The summed E-state index contributed by atoms with van der Waals surface area (Å²) in [6.45, 7) is 0. The maximum absolute atomic E-state index is 10.4. The first-order valence-corrected chi connectivity index (χ1v) is 8.71. The first-order valence-electron chi connectivity index (χ1n) is 8.71. The van der Waals surface area contributed by atoms with E-state index in [9.17, 15) is 5.11 Å². The van der Waals surface area contributed by atoms with E-state index in [1.165, 1.54) is 57.1 Å². The van der Waals surface area contributed by atoms with Gasteiger partial charge >= 0.3 is 0 Å². The molecule has 0 aromatic heterocycles. The second-order valence-corrected chi connectivity index (χ2v) is 7.41. The number of aromatic hydroxyl groups is 1. The van der Waals surface area contributed by atoms with Gasteiger partial charge in [-0.2, -0.15) is 0 Å². The molecule has 4 aliphatic heterocycles. The molecule has 0 radical (unpaired) electrons. The highest BCUT2D eigenvalue weighted by molar-refractivity contribution is 5.69. The van der Waals surface area contributed by atoms with Crippen LogP contribution >= 0.6 is 0 Å². The maximum Gasteiger partial charge on any atom is 0.139 e. The molecule has 3 heteroatoms. The van der Waals surface area contributed by atoms with Gasteiger partial charge in [-0.05, 0) is 69.6 Å². The van der Waals surface area contributed by atoms with Gasteiger partial charge in [0.05, 0.1) is 5.69 Å². The van der Waals surface area contributed by atoms with Crippen molar-refractivity contribution in [2.45, 2.75) is 75.5 Å². The Labute approximate surface area is 126 Å². The number of phenols is 1. The monoisotopic (exact) mass is 284 g/mol. The highest BCUT2D eigenvalue weighted by atomic mass is 16.3. The third-order valence-electron chi connectivity index (χ3n) is 6.44. The van der Waals surface area contributed by atoms with E-state index in [0.717, 1.165) is 17.8 Å². The lowest BCUT2D eigenvalue weighted by atomic mass is 10.0. The second-order valence-electron chi connectivity index (χ2n) is 7.41. The number of hydrogen-bond acceptors (Lipinski definition) is 3. The lowest BCUT2D eigenvalue weighted by Gasteiger charge is -2.29. The Morgan fingerprint density at radius 3 is 1.71 bits per heavy atom. The van der Waals surface area contributed by atoms with E-state index in [1.807, 2.05) is 6.07 Å². The molecule has 4 aliphatic rings. The minimum atomic E-state index is 0.476. The normalized spacial score (nSPS) is 37.0. The summed E-state index contributed by atoms with van der Waals surface area (Å²) in [5.74, 6) is 0.476. The number of phenolic OH excluding ortho intramolecular Hbond substituents is 1. The Morgan fingerprint density at radius 2 is 1.19 bits per heavy atom. The predicted octanol–water partition coefficient (Wildman–Crippen LogP) is 3.65. The molecule has 0 aliphatic carbocycles. The smallest absolute Gasteiger partial charge is 0.139 e. The molecular formula is C18H24N2O. The van der Waals surface area contributed by atoms with Crippen LogP contribution in [0.15, 0.2) is 18.2 Å². The number of anilines is 2. The SMILES string of the molecule is Oc1ccc(N2C3CCC2CC3)cc1N1C2CCC1CC2. The fourth-order valence-electron chi connectivity index (χ4n) is 5.52. The van der Waals surface area contributed by atoms with Crippen molar-refractivity contribution >= 4 is 11.4 Å². The van der Waals surface area contributed by atoms with Crippen LogP contribution in [0.25, 0.3) is 0 Å². The summed E-state index contributed by atoms with van der Waals surface area (Å²) in [4.78, 5) is 5.16. The zero-order valence-corrected chi connectivity index (χ0v) is 12.5. The zero-order valence-electron chi connectivity index (χ0n) is 12.5. The van der Waals surface area contributed by atoms with Crippen LogP contribution in [-0.4, -0.2) is 29.3 Å². The Hall–Kier alpha value is -1.38. The van der Waals surface area contributed by atoms with E-state index >= 15 is 0 Å². The van der Waals surface area contributed by atoms with Crippen molar-refractivity contribution in [2.75, 3.05) is 9.80 Å². The second kappa shape index (κ2) is 4.31. The Balaban J connectivity index is 1.53. The van der Waals surface area contributed by atoms with Crippen molar-refractivity contribution in [1.82, 2.24) is 0 Å². The van der Waals surface area contributed by atoms with Gasteiger partial charge in [0.15, 0.2) is 0 Å².